The monoisotopic (exact) mass is 418 g/mol. The minimum atomic E-state index is -0.417. The molecule has 1 aliphatic heterocycles. The van der Waals surface area contributed by atoms with E-state index < -0.39 is 12.2 Å². The van der Waals surface area contributed by atoms with Crippen molar-refractivity contribution in [2.45, 2.75) is 64.1 Å². The van der Waals surface area contributed by atoms with E-state index in [1.807, 2.05) is 4.90 Å². The van der Waals surface area contributed by atoms with Gasteiger partial charge in [0.25, 0.3) is 5.91 Å². The van der Waals surface area contributed by atoms with Crippen LogP contribution in [0.5, 0.6) is 0 Å². The zero-order chi connectivity index (χ0) is 21.5. The van der Waals surface area contributed by atoms with Crippen LogP contribution in [0.25, 0.3) is 0 Å². The third-order valence-electron chi connectivity index (χ3n) is 5.66. The van der Waals surface area contributed by atoms with Crippen LogP contribution in [-0.2, 0) is 27.1 Å². The number of amides is 2. The summed E-state index contributed by atoms with van der Waals surface area (Å²) in [6, 6.07) is 4.39. The van der Waals surface area contributed by atoms with Crippen molar-refractivity contribution in [3.63, 3.8) is 0 Å². The molecular weight excluding hydrogens is 384 g/mol. The Hall–Kier alpha value is -2.19. The Morgan fingerprint density at radius 1 is 1.40 bits per heavy atom. The van der Waals surface area contributed by atoms with E-state index in [4.69, 9.17) is 9.72 Å². The molecule has 0 radical (unpaired) electrons. The first kappa shape index (κ1) is 22.5. The minimum absolute atomic E-state index is 0.0599. The standard InChI is InChI=1S/C22H34N4O4/c1-4-17-12-16(6-5-9-24-22(28)29-3)13-19(25-17)15(2)26(18-7-8-18)21(27)20-14-23-10-11-30-20/h12-13,15,18,20,23H,4-11,14H2,1-3H3,(H,24,28)/t15-,20-/m1/s1. The quantitative estimate of drug-likeness (QED) is 0.596. The number of nitrogens with one attached hydrogen (secondary N) is 2. The lowest BCUT2D eigenvalue weighted by Crippen LogP contribution is -2.50. The molecule has 2 fully saturated rings. The Morgan fingerprint density at radius 3 is 2.83 bits per heavy atom. The summed E-state index contributed by atoms with van der Waals surface area (Å²) in [5.74, 6) is 0.0599. The van der Waals surface area contributed by atoms with Gasteiger partial charge in [-0.05, 0) is 56.7 Å². The maximum Gasteiger partial charge on any atom is 0.406 e. The number of ether oxygens (including phenoxy) is 2. The lowest BCUT2D eigenvalue weighted by molar-refractivity contribution is -0.148. The maximum atomic E-state index is 13.2. The van der Waals surface area contributed by atoms with E-state index in [9.17, 15) is 9.59 Å². The maximum absolute atomic E-state index is 13.2. The Bertz CT molecular complexity index is 732. The summed E-state index contributed by atoms with van der Waals surface area (Å²) in [6.07, 6.45) is 3.72. The first-order valence-corrected chi connectivity index (χ1v) is 11.0. The molecule has 166 valence electrons. The molecule has 1 aliphatic carbocycles. The number of aryl methyl sites for hydroxylation is 2. The third kappa shape index (κ3) is 5.92. The molecular formula is C22H34N4O4. The second-order valence-corrected chi connectivity index (χ2v) is 7.98. The molecule has 2 amide bonds. The van der Waals surface area contributed by atoms with Crippen molar-refractivity contribution in [2.75, 3.05) is 33.4 Å². The smallest absolute Gasteiger partial charge is 0.406 e. The highest BCUT2D eigenvalue weighted by Crippen LogP contribution is 2.35. The van der Waals surface area contributed by atoms with Crippen LogP contribution in [0.3, 0.4) is 0 Å². The van der Waals surface area contributed by atoms with Gasteiger partial charge in [0.1, 0.15) is 6.10 Å². The zero-order valence-electron chi connectivity index (χ0n) is 18.3. The lowest BCUT2D eigenvalue weighted by atomic mass is 10.0. The summed E-state index contributed by atoms with van der Waals surface area (Å²) in [7, 11) is 1.36. The van der Waals surface area contributed by atoms with E-state index in [0.29, 0.717) is 19.7 Å². The number of rotatable bonds is 9. The van der Waals surface area contributed by atoms with Crippen LogP contribution in [0.15, 0.2) is 12.1 Å². The van der Waals surface area contributed by atoms with Gasteiger partial charge in [0.15, 0.2) is 0 Å². The Kier molecular flexibility index (Phi) is 8.04. The van der Waals surface area contributed by atoms with Crippen molar-refractivity contribution >= 4 is 12.0 Å². The number of carbonyl (C=O) groups is 2. The van der Waals surface area contributed by atoms with E-state index in [2.05, 4.69) is 41.4 Å². The molecule has 1 aromatic rings. The highest BCUT2D eigenvalue weighted by atomic mass is 16.5. The summed E-state index contributed by atoms with van der Waals surface area (Å²) in [5.41, 5.74) is 3.12. The summed E-state index contributed by atoms with van der Waals surface area (Å²) in [5, 5.41) is 5.96. The van der Waals surface area contributed by atoms with Crippen LogP contribution in [-0.4, -0.2) is 67.4 Å². The van der Waals surface area contributed by atoms with E-state index in [1.54, 1.807) is 0 Å². The molecule has 0 spiro atoms. The Balaban J connectivity index is 1.71. The van der Waals surface area contributed by atoms with Crippen LogP contribution in [0, 0.1) is 0 Å². The molecule has 8 heteroatoms. The van der Waals surface area contributed by atoms with E-state index in [-0.39, 0.29) is 18.0 Å². The van der Waals surface area contributed by atoms with Gasteiger partial charge in [0, 0.05) is 31.4 Å². The van der Waals surface area contributed by atoms with Crippen molar-refractivity contribution in [3.8, 4) is 0 Å². The van der Waals surface area contributed by atoms with Crippen molar-refractivity contribution in [3.05, 3.63) is 29.1 Å². The molecule has 30 heavy (non-hydrogen) atoms. The molecule has 1 saturated heterocycles. The lowest BCUT2D eigenvalue weighted by Gasteiger charge is -2.34. The molecule has 2 N–H and O–H groups in total. The van der Waals surface area contributed by atoms with E-state index >= 15 is 0 Å². The summed E-state index contributed by atoms with van der Waals surface area (Å²) < 4.78 is 10.3. The predicted molar refractivity (Wildman–Crippen MR) is 113 cm³/mol. The van der Waals surface area contributed by atoms with Crippen LogP contribution in [0.4, 0.5) is 4.79 Å². The molecule has 0 aromatic carbocycles. The van der Waals surface area contributed by atoms with Gasteiger partial charge >= 0.3 is 6.09 Å². The number of pyridine rings is 1. The van der Waals surface area contributed by atoms with Crippen LogP contribution in [0.2, 0.25) is 0 Å². The second-order valence-electron chi connectivity index (χ2n) is 7.98. The highest BCUT2D eigenvalue weighted by molar-refractivity contribution is 5.82. The average molecular weight is 419 g/mol. The van der Waals surface area contributed by atoms with Crippen molar-refractivity contribution < 1.29 is 19.1 Å². The predicted octanol–water partition coefficient (Wildman–Crippen LogP) is 1.97. The third-order valence-corrected chi connectivity index (χ3v) is 5.66. The molecule has 2 atom stereocenters. The number of aromatic nitrogens is 1. The van der Waals surface area contributed by atoms with Crippen molar-refractivity contribution in [1.29, 1.82) is 0 Å². The van der Waals surface area contributed by atoms with E-state index in [0.717, 1.165) is 50.0 Å². The SMILES string of the molecule is CCc1cc(CCCNC(=O)OC)cc([C@@H](C)N(C(=O)[C@H]2CNCCO2)C2CC2)n1. The largest absolute Gasteiger partial charge is 0.453 e. The first-order chi connectivity index (χ1) is 14.5. The Labute approximate surface area is 178 Å². The summed E-state index contributed by atoms with van der Waals surface area (Å²) in [6.45, 7) is 6.63. The minimum Gasteiger partial charge on any atom is -0.453 e. The van der Waals surface area contributed by atoms with E-state index in [1.165, 1.54) is 12.7 Å². The number of alkyl carbamates (subject to hydrolysis) is 1. The molecule has 8 nitrogen and oxygen atoms in total. The van der Waals surface area contributed by atoms with Gasteiger partial charge in [-0.3, -0.25) is 9.78 Å². The number of hydrogen-bond acceptors (Lipinski definition) is 6. The van der Waals surface area contributed by atoms with Gasteiger partial charge in [-0.25, -0.2) is 4.79 Å². The number of methoxy groups -OCH3 is 1. The molecule has 1 aromatic heterocycles. The highest BCUT2D eigenvalue weighted by Gasteiger charge is 2.40. The van der Waals surface area contributed by atoms with Crippen LogP contribution < -0.4 is 10.6 Å². The fraction of sp³-hybridized carbons (Fsp3) is 0.682. The van der Waals surface area contributed by atoms with Gasteiger partial charge in [0.2, 0.25) is 0 Å². The van der Waals surface area contributed by atoms with Gasteiger partial charge in [-0.2, -0.15) is 0 Å². The number of hydrogen-bond donors (Lipinski definition) is 2. The molecule has 2 aliphatic rings. The first-order valence-electron chi connectivity index (χ1n) is 11.0. The van der Waals surface area contributed by atoms with Gasteiger partial charge in [-0.1, -0.05) is 6.92 Å². The molecule has 0 bridgehead atoms. The number of morpholine rings is 1. The molecule has 1 saturated carbocycles. The topological polar surface area (TPSA) is 92.8 Å². The number of nitrogens with zero attached hydrogens (tertiary/aromatic N) is 2. The van der Waals surface area contributed by atoms with Gasteiger partial charge in [-0.15, -0.1) is 0 Å². The van der Waals surface area contributed by atoms with Crippen LogP contribution in [0.1, 0.15) is 56.1 Å². The molecule has 3 rings (SSSR count). The average Bonchev–Trinajstić information content (AvgIpc) is 3.61. The van der Waals surface area contributed by atoms with Crippen LogP contribution >= 0.6 is 0 Å². The zero-order valence-corrected chi connectivity index (χ0v) is 18.3. The summed E-state index contributed by atoms with van der Waals surface area (Å²) in [4.78, 5) is 31.3. The fourth-order valence-corrected chi connectivity index (χ4v) is 3.84. The fourth-order valence-electron chi connectivity index (χ4n) is 3.84. The molecule has 2 heterocycles. The normalized spacial score (nSPS) is 19.8. The van der Waals surface area contributed by atoms with Crippen molar-refractivity contribution in [1.82, 2.24) is 20.5 Å². The second kappa shape index (κ2) is 10.7. The van der Waals surface area contributed by atoms with Gasteiger partial charge < -0.3 is 25.0 Å². The Morgan fingerprint density at radius 2 is 2.20 bits per heavy atom. The van der Waals surface area contributed by atoms with Gasteiger partial charge in [0.05, 0.1) is 25.5 Å². The number of carbonyl (C=O) groups excluding carboxylic acids is 2. The summed E-state index contributed by atoms with van der Waals surface area (Å²) >= 11 is 0. The molecule has 0 unspecified atom stereocenters. The van der Waals surface area contributed by atoms with Crippen molar-refractivity contribution in [2.24, 2.45) is 0 Å².